The van der Waals surface area contributed by atoms with E-state index >= 15 is 0 Å². The van der Waals surface area contributed by atoms with Crippen molar-refractivity contribution in [3.63, 3.8) is 0 Å². The number of fused-ring (bicyclic) bond motifs is 1. The number of rotatable bonds is 3. The van der Waals surface area contributed by atoms with Crippen LogP contribution in [0.5, 0.6) is 0 Å². The van der Waals surface area contributed by atoms with Crippen LogP contribution in [0.15, 0.2) is 63.1 Å². The summed E-state index contributed by atoms with van der Waals surface area (Å²) < 4.78 is 0. The van der Waals surface area contributed by atoms with E-state index in [9.17, 15) is 9.90 Å². The molecule has 1 unspecified atom stereocenters. The van der Waals surface area contributed by atoms with Gasteiger partial charge in [-0.1, -0.05) is 11.8 Å². The Balaban J connectivity index is 1.86. The molecule has 1 atom stereocenters. The topological polar surface area (TPSA) is 77.6 Å². The second-order valence-corrected chi connectivity index (χ2v) is 6.23. The first-order valence-corrected chi connectivity index (χ1v) is 7.77. The highest BCUT2D eigenvalue weighted by atomic mass is 32.2. The zero-order chi connectivity index (χ0) is 16.4. The minimum Gasteiger partial charge on any atom is -0.478 e. The van der Waals surface area contributed by atoms with E-state index < -0.39 is 5.97 Å². The number of azo groups is 1. The Morgan fingerprint density at radius 2 is 2.22 bits per heavy atom. The van der Waals surface area contributed by atoms with Crippen molar-refractivity contribution in [1.82, 2.24) is 0 Å². The number of nitrogens with zero attached hydrogens (tertiary/aromatic N) is 4. The highest BCUT2D eigenvalue weighted by Crippen LogP contribution is 2.34. The summed E-state index contributed by atoms with van der Waals surface area (Å²) in [6.07, 6.45) is 5.60. The Labute approximate surface area is 137 Å². The number of allylic oxidation sites excluding steroid dienone is 1. The van der Waals surface area contributed by atoms with Crippen molar-refractivity contribution in [3.05, 3.63) is 53.4 Å². The van der Waals surface area contributed by atoms with Crippen LogP contribution in [0.3, 0.4) is 0 Å². The minimum atomic E-state index is -1.04. The molecule has 0 spiro atoms. The lowest BCUT2D eigenvalue weighted by Gasteiger charge is -2.13. The lowest BCUT2D eigenvalue weighted by atomic mass is 10.1. The molecule has 1 aromatic carbocycles. The fourth-order valence-electron chi connectivity index (χ4n) is 2.11. The molecule has 2 aliphatic rings. The summed E-state index contributed by atoms with van der Waals surface area (Å²) in [4.78, 5) is 17.6. The number of anilines is 1. The smallest absolute Gasteiger partial charge is 0.338 e. The molecule has 1 N–H and O–H groups in total. The van der Waals surface area contributed by atoms with E-state index in [1.54, 1.807) is 24.3 Å². The van der Waals surface area contributed by atoms with E-state index in [-0.39, 0.29) is 10.8 Å². The van der Waals surface area contributed by atoms with Crippen LogP contribution in [0.2, 0.25) is 0 Å². The predicted octanol–water partition coefficient (Wildman–Crippen LogP) is 3.61. The molecule has 7 heteroatoms. The third-order valence-corrected chi connectivity index (χ3v) is 4.33. The lowest BCUT2D eigenvalue weighted by molar-refractivity contribution is 0.0698. The van der Waals surface area contributed by atoms with Gasteiger partial charge in [-0.3, -0.25) is 0 Å². The average Bonchev–Trinajstić information content (AvgIpc) is 2.95. The van der Waals surface area contributed by atoms with E-state index in [4.69, 9.17) is 0 Å². The molecule has 3 rings (SSSR count). The number of carbonyl (C=O) groups is 1. The zero-order valence-electron chi connectivity index (χ0n) is 12.6. The Morgan fingerprint density at radius 3 is 2.91 bits per heavy atom. The molecule has 0 saturated heterocycles. The monoisotopic (exact) mass is 326 g/mol. The van der Waals surface area contributed by atoms with E-state index in [2.05, 4.69) is 21.0 Å². The van der Waals surface area contributed by atoms with Crippen molar-refractivity contribution in [1.29, 1.82) is 0 Å². The molecule has 0 fully saturated rings. The highest BCUT2D eigenvalue weighted by Gasteiger charge is 2.23. The van der Waals surface area contributed by atoms with Gasteiger partial charge in [0.25, 0.3) is 0 Å². The lowest BCUT2D eigenvalue weighted by Crippen LogP contribution is -2.09. The molecule has 1 aliphatic heterocycles. The SMILES string of the molecule is CN(C)c1ccc(N=NC2=NC3=CC=C=CC3S2)c(C(=O)O)c1. The second-order valence-electron chi connectivity index (χ2n) is 5.13. The summed E-state index contributed by atoms with van der Waals surface area (Å²) in [6, 6.07) is 5.03. The maximum atomic E-state index is 11.4. The summed E-state index contributed by atoms with van der Waals surface area (Å²) in [5, 5.41) is 18.1. The molecular formula is C16H14N4O2S. The van der Waals surface area contributed by atoms with E-state index in [1.807, 2.05) is 31.1 Å². The van der Waals surface area contributed by atoms with Crippen LogP contribution >= 0.6 is 11.8 Å². The van der Waals surface area contributed by atoms with Gasteiger partial charge in [-0.15, -0.1) is 16.0 Å². The van der Waals surface area contributed by atoms with Crippen LogP contribution in [-0.2, 0) is 0 Å². The third kappa shape index (κ3) is 3.26. The molecule has 0 aromatic heterocycles. The van der Waals surface area contributed by atoms with E-state index in [1.165, 1.54) is 11.8 Å². The van der Waals surface area contributed by atoms with Gasteiger partial charge in [0.2, 0.25) is 5.17 Å². The number of hydrogen-bond acceptors (Lipinski definition) is 6. The van der Waals surface area contributed by atoms with Crippen molar-refractivity contribution in [2.75, 3.05) is 19.0 Å². The van der Waals surface area contributed by atoms with Crippen LogP contribution in [0.25, 0.3) is 0 Å². The van der Waals surface area contributed by atoms with Crippen LogP contribution in [0.4, 0.5) is 11.4 Å². The van der Waals surface area contributed by atoms with Gasteiger partial charge in [0.15, 0.2) is 0 Å². The molecule has 0 saturated carbocycles. The summed E-state index contributed by atoms with van der Waals surface area (Å²) in [6.45, 7) is 0. The van der Waals surface area contributed by atoms with Gasteiger partial charge in [0.05, 0.1) is 16.5 Å². The molecule has 6 nitrogen and oxygen atoms in total. The molecule has 1 aromatic rings. The standard InChI is InChI=1S/C16H14N4O2S/c1-20(2)10-7-8-12(11(9-10)15(21)22)18-19-16-17-13-5-3-4-6-14(13)23-16/h3,5-9,14H,1-2H3,(H,21,22). The summed E-state index contributed by atoms with van der Waals surface area (Å²) in [7, 11) is 3.70. The van der Waals surface area contributed by atoms with Crippen LogP contribution < -0.4 is 4.90 Å². The maximum Gasteiger partial charge on any atom is 0.338 e. The molecule has 0 amide bonds. The average molecular weight is 326 g/mol. The van der Waals surface area contributed by atoms with Crippen molar-refractivity contribution in [2.24, 2.45) is 15.2 Å². The normalized spacial score (nSPS) is 18.8. The molecule has 23 heavy (non-hydrogen) atoms. The van der Waals surface area contributed by atoms with Crippen LogP contribution in [0.1, 0.15) is 10.4 Å². The first kappa shape index (κ1) is 15.3. The summed E-state index contributed by atoms with van der Waals surface area (Å²) in [5.41, 5.74) is 5.14. The number of aliphatic imine (C=N–C) groups is 1. The van der Waals surface area contributed by atoms with Gasteiger partial charge in [-0.2, -0.15) is 0 Å². The first-order valence-electron chi connectivity index (χ1n) is 6.89. The molecule has 1 aliphatic carbocycles. The molecule has 1 heterocycles. The van der Waals surface area contributed by atoms with Crippen LogP contribution in [0, 0.1) is 0 Å². The van der Waals surface area contributed by atoms with E-state index in [0.29, 0.717) is 10.9 Å². The minimum absolute atomic E-state index is 0.113. The fourth-order valence-corrected chi connectivity index (χ4v) is 2.98. The van der Waals surface area contributed by atoms with Gasteiger partial charge in [0.1, 0.15) is 5.69 Å². The van der Waals surface area contributed by atoms with Crippen molar-refractivity contribution in [2.45, 2.75) is 5.25 Å². The molecular weight excluding hydrogens is 312 g/mol. The molecule has 116 valence electrons. The highest BCUT2D eigenvalue weighted by molar-refractivity contribution is 8.15. The number of benzene rings is 1. The summed E-state index contributed by atoms with van der Waals surface area (Å²) in [5.74, 6) is -1.04. The second kappa shape index (κ2) is 6.24. The molecule has 0 bridgehead atoms. The Kier molecular flexibility index (Phi) is 4.14. The summed E-state index contributed by atoms with van der Waals surface area (Å²) >= 11 is 1.46. The van der Waals surface area contributed by atoms with Crippen molar-refractivity contribution >= 4 is 34.3 Å². The number of carboxylic acid groups (broad SMARTS) is 1. The van der Waals surface area contributed by atoms with Gasteiger partial charge in [-0.25, -0.2) is 9.79 Å². The van der Waals surface area contributed by atoms with Crippen LogP contribution in [-0.4, -0.2) is 35.6 Å². The third-order valence-electron chi connectivity index (χ3n) is 3.32. The fraction of sp³-hybridized carbons (Fsp3) is 0.188. The van der Waals surface area contributed by atoms with Crippen molar-refractivity contribution in [3.8, 4) is 0 Å². The molecule has 0 radical (unpaired) electrons. The van der Waals surface area contributed by atoms with Gasteiger partial charge >= 0.3 is 5.97 Å². The van der Waals surface area contributed by atoms with Gasteiger partial charge in [0, 0.05) is 19.8 Å². The first-order chi connectivity index (χ1) is 11.0. The quantitative estimate of drug-likeness (QED) is 0.680. The zero-order valence-corrected chi connectivity index (χ0v) is 13.4. The van der Waals surface area contributed by atoms with Gasteiger partial charge in [-0.05, 0) is 36.4 Å². The number of carboxylic acids is 1. The Morgan fingerprint density at radius 1 is 1.39 bits per heavy atom. The Bertz CT molecular complexity index is 817. The Hall–Kier alpha value is -2.63. The van der Waals surface area contributed by atoms with E-state index in [0.717, 1.165) is 11.4 Å². The van der Waals surface area contributed by atoms with Crippen molar-refractivity contribution < 1.29 is 9.90 Å². The number of aromatic carboxylic acids is 1. The number of amidine groups is 1. The maximum absolute atomic E-state index is 11.4. The number of thioether (sulfide) groups is 1. The number of hydrogen-bond donors (Lipinski definition) is 1. The van der Waals surface area contributed by atoms with Gasteiger partial charge < -0.3 is 10.0 Å². The predicted molar refractivity (Wildman–Crippen MR) is 91.8 cm³/mol. The largest absolute Gasteiger partial charge is 0.478 e.